The maximum Gasteiger partial charge on any atom is 0.337 e. The molecule has 0 spiro atoms. The number of benzene rings is 2. The summed E-state index contributed by atoms with van der Waals surface area (Å²) in [4.78, 5) is 14.4. The van der Waals surface area contributed by atoms with Gasteiger partial charge in [-0.2, -0.15) is 0 Å². The Morgan fingerprint density at radius 3 is 2.58 bits per heavy atom. The number of fused-ring (bicyclic) bond motifs is 1. The van der Waals surface area contributed by atoms with Crippen LogP contribution < -0.4 is 0 Å². The first-order chi connectivity index (χ1) is 16.1. The summed E-state index contributed by atoms with van der Waals surface area (Å²) in [5.41, 5.74) is 7.08. The van der Waals surface area contributed by atoms with Gasteiger partial charge in [-0.1, -0.05) is 36.4 Å². The van der Waals surface area contributed by atoms with E-state index in [2.05, 4.69) is 41.3 Å². The first kappa shape index (κ1) is 22.3. The van der Waals surface area contributed by atoms with Gasteiger partial charge >= 0.3 is 5.97 Å². The second-order valence-electron chi connectivity index (χ2n) is 10.1. The quantitative estimate of drug-likeness (QED) is 0.486. The van der Waals surface area contributed by atoms with Crippen LogP contribution >= 0.6 is 0 Å². The van der Waals surface area contributed by atoms with Crippen LogP contribution in [0, 0.1) is 17.8 Å². The predicted molar refractivity (Wildman–Crippen MR) is 130 cm³/mol. The van der Waals surface area contributed by atoms with E-state index in [0.717, 1.165) is 44.8 Å². The van der Waals surface area contributed by atoms with E-state index in [1.54, 1.807) is 0 Å². The normalized spacial score (nSPS) is 21.0. The SMILES string of the molecule is COC(=O)c1ccc2c(c1)CCC(C1CC1)C=C2c1ccc(CC2CN(CCCF)C2)cc1. The van der Waals surface area contributed by atoms with Gasteiger partial charge in [-0.3, -0.25) is 4.39 Å². The van der Waals surface area contributed by atoms with Gasteiger partial charge in [0.25, 0.3) is 0 Å². The van der Waals surface area contributed by atoms with Crippen LogP contribution in [0.4, 0.5) is 4.39 Å². The number of methoxy groups -OCH3 is 1. The molecule has 1 unspecified atom stereocenters. The van der Waals surface area contributed by atoms with Crippen molar-refractivity contribution in [2.75, 3.05) is 33.4 Å². The summed E-state index contributed by atoms with van der Waals surface area (Å²) in [5.74, 6) is 1.84. The fourth-order valence-electron chi connectivity index (χ4n) is 5.59. The highest BCUT2D eigenvalue weighted by Gasteiger charge is 2.32. The molecule has 0 bridgehead atoms. The van der Waals surface area contributed by atoms with E-state index in [9.17, 15) is 9.18 Å². The molecular formula is C29H34FNO2. The minimum absolute atomic E-state index is 0.215. The van der Waals surface area contributed by atoms with Crippen LogP contribution in [-0.2, 0) is 17.6 Å². The van der Waals surface area contributed by atoms with Gasteiger partial charge in [0, 0.05) is 19.6 Å². The van der Waals surface area contributed by atoms with Crippen molar-refractivity contribution in [2.45, 2.75) is 38.5 Å². The molecule has 1 aliphatic heterocycles. The van der Waals surface area contributed by atoms with Crippen molar-refractivity contribution in [1.29, 1.82) is 0 Å². The minimum atomic E-state index is -0.269. The molecule has 0 amide bonds. The molecule has 3 nitrogen and oxygen atoms in total. The maximum atomic E-state index is 12.4. The third-order valence-corrected chi connectivity index (χ3v) is 7.60. The van der Waals surface area contributed by atoms with Gasteiger partial charge in [-0.15, -0.1) is 0 Å². The average molecular weight is 448 g/mol. The van der Waals surface area contributed by atoms with Crippen molar-refractivity contribution in [3.63, 3.8) is 0 Å². The predicted octanol–water partition coefficient (Wildman–Crippen LogP) is 5.71. The largest absolute Gasteiger partial charge is 0.465 e. The van der Waals surface area contributed by atoms with Crippen molar-refractivity contribution in [1.82, 2.24) is 4.90 Å². The smallest absolute Gasteiger partial charge is 0.337 e. The molecule has 1 atom stereocenters. The number of nitrogens with zero attached hydrogens (tertiary/aromatic N) is 1. The van der Waals surface area contributed by atoms with E-state index >= 15 is 0 Å². The Hall–Kier alpha value is -2.46. The van der Waals surface area contributed by atoms with Gasteiger partial charge in [0.1, 0.15) is 0 Å². The molecule has 0 N–H and O–H groups in total. The number of halogens is 1. The third kappa shape index (κ3) is 5.06. The summed E-state index contributed by atoms with van der Waals surface area (Å²) in [5, 5.41) is 0. The molecule has 1 saturated carbocycles. The highest BCUT2D eigenvalue weighted by Crippen LogP contribution is 2.44. The van der Waals surface area contributed by atoms with Crippen molar-refractivity contribution in [2.24, 2.45) is 17.8 Å². The van der Waals surface area contributed by atoms with Gasteiger partial charge < -0.3 is 9.64 Å². The highest BCUT2D eigenvalue weighted by atomic mass is 19.1. The molecule has 4 heteroatoms. The number of rotatable bonds is 8. The Morgan fingerprint density at radius 2 is 1.88 bits per heavy atom. The van der Waals surface area contributed by atoms with Gasteiger partial charge in [0.05, 0.1) is 19.3 Å². The van der Waals surface area contributed by atoms with Crippen LogP contribution in [0.1, 0.15) is 58.3 Å². The zero-order valence-corrected chi connectivity index (χ0v) is 19.6. The number of carbonyl (C=O) groups is 1. The molecule has 0 aromatic heterocycles. The number of likely N-dealkylation sites (tertiary alicyclic amines) is 1. The second-order valence-corrected chi connectivity index (χ2v) is 10.1. The zero-order chi connectivity index (χ0) is 22.8. The summed E-state index contributed by atoms with van der Waals surface area (Å²) >= 11 is 0. The van der Waals surface area contributed by atoms with Crippen molar-refractivity contribution >= 4 is 11.5 Å². The summed E-state index contributed by atoms with van der Waals surface area (Å²) in [7, 11) is 1.44. The van der Waals surface area contributed by atoms with Crippen LogP contribution in [-0.4, -0.2) is 44.3 Å². The van der Waals surface area contributed by atoms with Gasteiger partial charge in [-0.25, -0.2) is 4.79 Å². The summed E-state index contributed by atoms with van der Waals surface area (Å²) in [6.45, 7) is 2.85. The molecule has 2 aliphatic carbocycles. The van der Waals surface area contributed by atoms with E-state index in [1.165, 1.54) is 47.8 Å². The van der Waals surface area contributed by atoms with Gasteiger partial charge in [-0.05, 0) is 96.2 Å². The number of alkyl halides is 1. The molecule has 174 valence electrons. The minimum Gasteiger partial charge on any atom is -0.465 e. The van der Waals surface area contributed by atoms with E-state index in [1.807, 2.05) is 12.1 Å². The number of ether oxygens (including phenoxy) is 1. The topological polar surface area (TPSA) is 29.5 Å². The summed E-state index contributed by atoms with van der Waals surface area (Å²) in [6.07, 6.45) is 9.06. The Morgan fingerprint density at radius 1 is 1.09 bits per heavy atom. The number of hydrogen-bond acceptors (Lipinski definition) is 3. The monoisotopic (exact) mass is 447 g/mol. The number of aryl methyl sites for hydroxylation is 1. The van der Waals surface area contributed by atoms with Crippen LogP contribution in [0.15, 0.2) is 48.5 Å². The van der Waals surface area contributed by atoms with Crippen molar-refractivity contribution < 1.29 is 13.9 Å². The molecule has 33 heavy (non-hydrogen) atoms. The summed E-state index contributed by atoms with van der Waals surface area (Å²) < 4.78 is 17.3. The molecule has 1 heterocycles. The Kier molecular flexibility index (Phi) is 6.64. The molecule has 1 saturated heterocycles. The molecule has 2 fully saturated rings. The fourth-order valence-corrected chi connectivity index (χ4v) is 5.59. The Labute approximate surface area is 196 Å². The van der Waals surface area contributed by atoms with Crippen molar-refractivity contribution in [3.05, 3.63) is 76.4 Å². The van der Waals surface area contributed by atoms with Gasteiger partial charge in [0.15, 0.2) is 0 Å². The first-order valence-corrected chi connectivity index (χ1v) is 12.5. The Balaban J connectivity index is 1.35. The molecule has 5 rings (SSSR count). The van der Waals surface area contributed by atoms with Crippen LogP contribution in [0.2, 0.25) is 0 Å². The highest BCUT2D eigenvalue weighted by molar-refractivity contribution is 5.91. The number of allylic oxidation sites excluding steroid dienone is 1. The standard InChI is InChI=1S/C29H34FNO2/c1-33-29(32)26-11-12-27-25(16-26)10-9-24(22-7-8-22)17-28(27)23-5-3-20(4-6-23)15-21-18-31(19-21)14-2-13-30/h3-6,11-12,16-17,21-22,24H,2,7-10,13-15,18-19H2,1H3. The van der Waals surface area contributed by atoms with Crippen molar-refractivity contribution in [3.8, 4) is 0 Å². The second kappa shape index (κ2) is 9.80. The fraction of sp³-hybridized carbons (Fsp3) is 0.483. The molecule has 3 aliphatic rings. The summed E-state index contributed by atoms with van der Waals surface area (Å²) in [6, 6.07) is 15.1. The number of hydrogen-bond donors (Lipinski definition) is 0. The lowest BCUT2D eigenvalue weighted by Gasteiger charge is -2.39. The molecule has 0 radical (unpaired) electrons. The van der Waals surface area contributed by atoms with E-state index < -0.39 is 0 Å². The van der Waals surface area contributed by atoms with E-state index in [0.29, 0.717) is 23.8 Å². The first-order valence-electron chi connectivity index (χ1n) is 12.5. The van der Waals surface area contributed by atoms with Crippen LogP contribution in [0.3, 0.4) is 0 Å². The molecule has 2 aromatic rings. The Bertz CT molecular complexity index is 1020. The third-order valence-electron chi connectivity index (χ3n) is 7.60. The number of carbonyl (C=O) groups excluding carboxylic acids is 1. The zero-order valence-electron chi connectivity index (χ0n) is 19.6. The van der Waals surface area contributed by atoms with Gasteiger partial charge in [0.2, 0.25) is 0 Å². The van der Waals surface area contributed by atoms with Crippen LogP contribution in [0.25, 0.3) is 5.57 Å². The average Bonchev–Trinajstić information content (AvgIpc) is 3.67. The van der Waals surface area contributed by atoms with E-state index in [-0.39, 0.29) is 12.6 Å². The molecule has 2 aromatic carbocycles. The maximum absolute atomic E-state index is 12.4. The molecular weight excluding hydrogens is 413 g/mol. The van der Waals surface area contributed by atoms with Crippen LogP contribution in [0.5, 0.6) is 0 Å². The van der Waals surface area contributed by atoms with E-state index in [4.69, 9.17) is 4.74 Å². The number of esters is 1. The lowest BCUT2D eigenvalue weighted by Crippen LogP contribution is -2.47. The lowest BCUT2D eigenvalue weighted by atomic mass is 9.89. The lowest BCUT2D eigenvalue weighted by molar-refractivity contribution is 0.0600.